The maximum atomic E-state index is 13.3. The van der Waals surface area contributed by atoms with Crippen LogP contribution in [0.1, 0.15) is 11.1 Å². The van der Waals surface area contributed by atoms with E-state index in [1.165, 1.54) is 48.5 Å². The fourth-order valence-electron chi connectivity index (χ4n) is 2.81. The molecule has 0 unspecified atom stereocenters. The minimum absolute atomic E-state index is 0.0152. The molecule has 3 rings (SSSR count). The number of hydrogen-bond donors (Lipinski definition) is 0. The minimum atomic E-state index is -4.53. The summed E-state index contributed by atoms with van der Waals surface area (Å²) in [5, 5.41) is 0. The van der Waals surface area contributed by atoms with E-state index in [0.29, 0.717) is 3.57 Å². The zero-order chi connectivity index (χ0) is 19.8. The maximum absolute atomic E-state index is 13.3. The van der Waals surface area contributed by atoms with Gasteiger partial charge in [0.1, 0.15) is 0 Å². The Kier molecular flexibility index (Phi) is 5.24. The van der Waals surface area contributed by atoms with Gasteiger partial charge in [-0.25, -0.2) is 0 Å². The lowest BCUT2D eigenvalue weighted by atomic mass is 9.95. The lowest BCUT2D eigenvalue weighted by Crippen LogP contribution is -2.08. The first-order chi connectivity index (χ1) is 12.6. The third kappa shape index (κ3) is 4.28. The summed E-state index contributed by atoms with van der Waals surface area (Å²) in [5.41, 5.74) is -1.03. The van der Waals surface area contributed by atoms with Gasteiger partial charge in [-0.15, -0.1) is 0 Å². The molecule has 0 saturated heterocycles. The fraction of sp³-hybridized carbons (Fsp3) is 0.100. The molecule has 0 heterocycles. The van der Waals surface area contributed by atoms with Gasteiger partial charge in [-0.1, -0.05) is 48.5 Å². The minimum Gasteiger partial charge on any atom is -0.166 e. The van der Waals surface area contributed by atoms with E-state index < -0.39 is 23.5 Å². The number of halogens is 7. The molecule has 0 aliphatic rings. The molecule has 140 valence electrons. The van der Waals surface area contributed by atoms with Gasteiger partial charge in [0.15, 0.2) is 0 Å². The zero-order valence-electron chi connectivity index (χ0n) is 13.5. The average molecular weight is 492 g/mol. The largest absolute Gasteiger partial charge is 0.417 e. The molecule has 0 aliphatic carbocycles. The van der Waals surface area contributed by atoms with Crippen LogP contribution in [0.15, 0.2) is 66.7 Å². The third-order valence-corrected chi connectivity index (χ3v) is 4.70. The normalized spacial score (nSPS) is 12.3. The third-order valence-electron chi connectivity index (χ3n) is 4.03. The van der Waals surface area contributed by atoms with Gasteiger partial charge in [0.2, 0.25) is 0 Å². The molecule has 0 atom stereocenters. The first-order valence-corrected chi connectivity index (χ1v) is 8.79. The molecule has 27 heavy (non-hydrogen) atoms. The Labute approximate surface area is 165 Å². The van der Waals surface area contributed by atoms with Gasteiger partial charge in [0.25, 0.3) is 0 Å². The maximum Gasteiger partial charge on any atom is 0.417 e. The van der Waals surface area contributed by atoms with E-state index in [0.717, 1.165) is 12.1 Å². The standard InChI is InChI=1S/C20H11F6I/c21-19(22,23)17-4-2-1-3-15(17)12-5-7-13(8-6-12)16-10-9-14(27)11-18(16)20(24,25)26/h1-11H. The van der Waals surface area contributed by atoms with Crippen LogP contribution in [-0.2, 0) is 12.4 Å². The predicted octanol–water partition coefficient (Wildman–Crippen LogP) is 7.66. The highest BCUT2D eigenvalue weighted by Crippen LogP contribution is 2.40. The summed E-state index contributed by atoms with van der Waals surface area (Å²) in [6, 6.07) is 14.7. The van der Waals surface area contributed by atoms with Crippen LogP contribution in [0.5, 0.6) is 0 Å². The number of alkyl halides is 6. The van der Waals surface area contributed by atoms with Crippen molar-refractivity contribution in [3.05, 3.63) is 81.4 Å². The second-order valence-electron chi connectivity index (χ2n) is 5.81. The smallest absolute Gasteiger partial charge is 0.166 e. The topological polar surface area (TPSA) is 0 Å². The lowest BCUT2D eigenvalue weighted by Gasteiger charge is -2.15. The molecule has 0 nitrogen and oxygen atoms in total. The van der Waals surface area contributed by atoms with Crippen molar-refractivity contribution >= 4 is 22.6 Å². The quantitative estimate of drug-likeness (QED) is 0.255. The fourth-order valence-corrected chi connectivity index (χ4v) is 3.31. The van der Waals surface area contributed by atoms with Gasteiger partial charge in [-0.2, -0.15) is 26.3 Å². The zero-order valence-corrected chi connectivity index (χ0v) is 15.7. The van der Waals surface area contributed by atoms with E-state index in [2.05, 4.69) is 0 Å². The van der Waals surface area contributed by atoms with Crippen molar-refractivity contribution in [3.8, 4) is 22.3 Å². The van der Waals surface area contributed by atoms with Crippen molar-refractivity contribution in [3.63, 3.8) is 0 Å². The molecule has 0 aromatic heterocycles. The van der Waals surface area contributed by atoms with Crippen LogP contribution < -0.4 is 0 Å². The van der Waals surface area contributed by atoms with Crippen LogP contribution in [0.25, 0.3) is 22.3 Å². The molecule has 0 saturated carbocycles. The number of rotatable bonds is 2. The Morgan fingerprint density at radius 1 is 0.556 bits per heavy atom. The van der Waals surface area contributed by atoms with Crippen LogP contribution >= 0.6 is 22.6 Å². The molecule has 0 aliphatic heterocycles. The molecular formula is C20H11F6I. The molecule has 7 heteroatoms. The second-order valence-corrected chi connectivity index (χ2v) is 7.05. The van der Waals surface area contributed by atoms with Gasteiger partial charge in [0.05, 0.1) is 11.1 Å². The number of benzene rings is 3. The molecule has 0 fully saturated rings. The molecule has 0 amide bonds. The molecule has 3 aromatic rings. The van der Waals surface area contributed by atoms with Crippen molar-refractivity contribution in [2.24, 2.45) is 0 Å². The highest BCUT2D eigenvalue weighted by molar-refractivity contribution is 14.1. The van der Waals surface area contributed by atoms with Gasteiger partial charge in [-0.3, -0.25) is 0 Å². The van der Waals surface area contributed by atoms with Crippen molar-refractivity contribution < 1.29 is 26.3 Å². The summed E-state index contributed by atoms with van der Waals surface area (Å²) >= 11 is 1.80. The molecule has 0 radical (unpaired) electrons. The van der Waals surface area contributed by atoms with Crippen LogP contribution in [0, 0.1) is 3.57 Å². The first kappa shape index (κ1) is 19.7. The van der Waals surface area contributed by atoms with E-state index >= 15 is 0 Å². The van der Waals surface area contributed by atoms with Crippen molar-refractivity contribution in [2.45, 2.75) is 12.4 Å². The summed E-state index contributed by atoms with van der Waals surface area (Å²) < 4.78 is 79.9. The van der Waals surface area contributed by atoms with Crippen LogP contribution in [0.3, 0.4) is 0 Å². The summed E-state index contributed by atoms with van der Waals surface area (Å²) in [4.78, 5) is 0. The van der Waals surface area contributed by atoms with Gasteiger partial charge < -0.3 is 0 Å². The van der Waals surface area contributed by atoms with Crippen LogP contribution in [0.2, 0.25) is 0 Å². The Morgan fingerprint density at radius 2 is 1.04 bits per heavy atom. The van der Waals surface area contributed by atoms with E-state index in [1.54, 1.807) is 28.7 Å². The van der Waals surface area contributed by atoms with E-state index in [4.69, 9.17) is 0 Å². The van der Waals surface area contributed by atoms with Crippen molar-refractivity contribution in [1.29, 1.82) is 0 Å². The summed E-state index contributed by atoms with van der Waals surface area (Å²) in [6.07, 6.45) is -9.05. The highest BCUT2D eigenvalue weighted by Gasteiger charge is 2.34. The average Bonchev–Trinajstić information content (AvgIpc) is 2.60. The summed E-state index contributed by atoms with van der Waals surface area (Å²) in [6.45, 7) is 0. The molecule has 3 aromatic carbocycles. The van der Waals surface area contributed by atoms with Crippen LogP contribution in [0.4, 0.5) is 26.3 Å². The van der Waals surface area contributed by atoms with E-state index in [9.17, 15) is 26.3 Å². The van der Waals surface area contributed by atoms with Gasteiger partial charge in [-0.05, 0) is 63.0 Å². The molecule has 0 spiro atoms. The lowest BCUT2D eigenvalue weighted by molar-refractivity contribution is -0.137. The second kappa shape index (κ2) is 7.18. The van der Waals surface area contributed by atoms with Crippen LogP contribution in [-0.4, -0.2) is 0 Å². The van der Waals surface area contributed by atoms with Crippen molar-refractivity contribution in [2.75, 3.05) is 0 Å². The van der Waals surface area contributed by atoms with E-state index in [1.807, 2.05) is 0 Å². The van der Waals surface area contributed by atoms with Gasteiger partial charge in [0, 0.05) is 3.57 Å². The first-order valence-electron chi connectivity index (χ1n) is 7.71. The predicted molar refractivity (Wildman–Crippen MR) is 100 cm³/mol. The van der Waals surface area contributed by atoms with Gasteiger partial charge >= 0.3 is 12.4 Å². The molecular weight excluding hydrogens is 481 g/mol. The Hall–Kier alpha value is -2.03. The van der Waals surface area contributed by atoms with Crippen molar-refractivity contribution in [1.82, 2.24) is 0 Å². The van der Waals surface area contributed by atoms with E-state index in [-0.39, 0.29) is 22.3 Å². The molecule has 0 N–H and O–H groups in total. The monoisotopic (exact) mass is 492 g/mol. The summed E-state index contributed by atoms with van der Waals surface area (Å²) in [7, 11) is 0. The Bertz CT molecular complexity index is 955. The Morgan fingerprint density at radius 3 is 1.56 bits per heavy atom. The number of hydrogen-bond acceptors (Lipinski definition) is 0. The SMILES string of the molecule is FC(F)(F)c1ccccc1-c1ccc(-c2ccc(I)cc2C(F)(F)F)cc1. The summed E-state index contributed by atoms with van der Waals surface area (Å²) in [5.74, 6) is 0. The highest BCUT2D eigenvalue weighted by atomic mass is 127. The Balaban J connectivity index is 2.07. The molecule has 0 bridgehead atoms.